The summed E-state index contributed by atoms with van der Waals surface area (Å²) < 4.78 is 26.6. The summed E-state index contributed by atoms with van der Waals surface area (Å²) in [5, 5.41) is 4.43. The highest BCUT2D eigenvalue weighted by Gasteiger charge is 2.45. The third kappa shape index (κ3) is 3.53. The van der Waals surface area contributed by atoms with E-state index in [4.69, 9.17) is 9.15 Å². The minimum atomic E-state index is -0.345. The van der Waals surface area contributed by atoms with Gasteiger partial charge in [0, 0.05) is 30.4 Å². The fourth-order valence-corrected chi connectivity index (χ4v) is 5.91. The molecule has 3 atom stereocenters. The van der Waals surface area contributed by atoms with Crippen LogP contribution >= 0.6 is 11.3 Å². The fourth-order valence-electron chi connectivity index (χ4n) is 5.06. The van der Waals surface area contributed by atoms with Crippen LogP contribution in [-0.2, 0) is 11.3 Å². The van der Waals surface area contributed by atoms with Gasteiger partial charge in [-0.15, -0.1) is 0 Å². The largest absolute Gasteiger partial charge is 0.460 e. The predicted octanol–water partition coefficient (Wildman–Crippen LogP) is 5.22. The number of nitrogens with zero attached hydrogens (tertiary/aromatic N) is 2. The summed E-state index contributed by atoms with van der Waals surface area (Å²) >= 11 is 1.32. The zero-order valence-electron chi connectivity index (χ0n) is 17.5. The molecule has 7 rings (SSSR count). The molecule has 8 heteroatoms. The first-order chi connectivity index (χ1) is 15.5. The normalized spacial score (nSPS) is 22.8. The number of halogens is 1. The lowest BCUT2D eigenvalue weighted by Gasteiger charge is -2.55. The van der Waals surface area contributed by atoms with Crippen LogP contribution in [0.1, 0.15) is 31.9 Å². The van der Waals surface area contributed by atoms with Crippen molar-refractivity contribution in [2.75, 3.05) is 0 Å². The Balaban J connectivity index is 1.16. The standard InChI is InChI=1S/C24H22FN3O3S/c1-13(29)26-15-9-16-11-17(10-15)28(16)12-19-8-14-7-18(5-6-21(14)30-19)31-24-27-23-20(25)3-2-4-22(23)32-24/h2-8,15-17H,9-12H2,1H3,(H,26,29)/t15-,16-,17?/m1/s1. The van der Waals surface area contributed by atoms with Crippen LogP contribution in [0.4, 0.5) is 4.39 Å². The Morgan fingerprint density at radius 2 is 2.09 bits per heavy atom. The Bertz CT molecular complexity index is 1320. The maximum atomic E-state index is 13.9. The van der Waals surface area contributed by atoms with Crippen LogP contribution < -0.4 is 10.1 Å². The summed E-state index contributed by atoms with van der Waals surface area (Å²) in [7, 11) is 0. The lowest BCUT2D eigenvalue weighted by atomic mass is 9.76. The summed E-state index contributed by atoms with van der Waals surface area (Å²) in [5.74, 6) is 1.27. The van der Waals surface area contributed by atoms with Crippen LogP contribution in [-0.4, -0.2) is 33.9 Å². The van der Waals surface area contributed by atoms with Gasteiger partial charge in [0.25, 0.3) is 5.19 Å². The number of hydrogen-bond acceptors (Lipinski definition) is 6. The van der Waals surface area contributed by atoms with Crippen molar-refractivity contribution in [1.29, 1.82) is 0 Å². The molecular weight excluding hydrogens is 429 g/mol. The van der Waals surface area contributed by atoms with E-state index in [-0.39, 0.29) is 11.7 Å². The summed E-state index contributed by atoms with van der Waals surface area (Å²) in [6.45, 7) is 2.35. The summed E-state index contributed by atoms with van der Waals surface area (Å²) in [4.78, 5) is 18.1. The summed E-state index contributed by atoms with van der Waals surface area (Å²) in [6.07, 6.45) is 3.19. The van der Waals surface area contributed by atoms with Crippen LogP contribution in [0.2, 0.25) is 0 Å². The zero-order valence-corrected chi connectivity index (χ0v) is 18.3. The first kappa shape index (κ1) is 19.7. The predicted molar refractivity (Wildman–Crippen MR) is 120 cm³/mol. The summed E-state index contributed by atoms with van der Waals surface area (Å²) in [5.41, 5.74) is 1.14. The summed E-state index contributed by atoms with van der Waals surface area (Å²) in [6, 6.07) is 13.9. The van der Waals surface area contributed by atoms with Gasteiger partial charge in [-0.1, -0.05) is 17.4 Å². The Morgan fingerprint density at radius 3 is 2.88 bits per heavy atom. The molecular formula is C24H22FN3O3S. The van der Waals surface area contributed by atoms with E-state index in [0.717, 1.165) is 40.8 Å². The second-order valence-electron chi connectivity index (χ2n) is 8.67. The molecule has 1 amide bonds. The van der Waals surface area contributed by atoms with E-state index in [1.807, 2.05) is 24.3 Å². The number of aromatic nitrogens is 1. The van der Waals surface area contributed by atoms with E-state index in [2.05, 4.69) is 21.3 Å². The van der Waals surface area contributed by atoms with Crippen molar-refractivity contribution in [3.8, 4) is 10.9 Å². The Hall–Kier alpha value is -2.97. The molecule has 3 fully saturated rings. The van der Waals surface area contributed by atoms with Crippen LogP contribution in [0.3, 0.4) is 0 Å². The quantitative estimate of drug-likeness (QED) is 0.451. The topological polar surface area (TPSA) is 67.6 Å². The molecule has 2 saturated heterocycles. The number of para-hydroxylation sites is 1. The van der Waals surface area contributed by atoms with Crippen molar-refractivity contribution >= 4 is 38.4 Å². The number of fused-ring (bicyclic) bond motifs is 4. The third-order valence-electron chi connectivity index (χ3n) is 6.44. The highest BCUT2D eigenvalue weighted by Crippen LogP contribution is 2.40. The number of carbonyl (C=O) groups is 1. The molecule has 0 spiro atoms. The molecule has 4 aromatic rings. The molecule has 1 N–H and O–H groups in total. The van der Waals surface area contributed by atoms with Crippen molar-refractivity contribution in [3.05, 3.63) is 54.0 Å². The SMILES string of the molecule is CC(=O)N[C@H]1CC2C[C@@H](C1)N2Cc1cc2cc(Oc3nc4c(F)cccc4s3)ccc2o1. The molecule has 2 aromatic heterocycles. The molecule has 4 heterocycles. The smallest absolute Gasteiger partial charge is 0.279 e. The lowest BCUT2D eigenvalue weighted by Crippen LogP contribution is -2.63. The van der Waals surface area contributed by atoms with E-state index in [1.165, 1.54) is 23.8 Å². The van der Waals surface area contributed by atoms with Crippen molar-refractivity contribution < 1.29 is 18.3 Å². The number of piperidine rings is 1. The monoisotopic (exact) mass is 451 g/mol. The van der Waals surface area contributed by atoms with E-state index >= 15 is 0 Å². The molecule has 32 heavy (non-hydrogen) atoms. The minimum Gasteiger partial charge on any atom is -0.460 e. The molecule has 2 bridgehead atoms. The molecule has 6 nitrogen and oxygen atoms in total. The molecule has 2 aromatic carbocycles. The number of amides is 1. The van der Waals surface area contributed by atoms with Crippen molar-refractivity contribution in [3.63, 3.8) is 0 Å². The number of nitrogens with one attached hydrogen (secondary N) is 1. The van der Waals surface area contributed by atoms with Gasteiger partial charge in [0.15, 0.2) is 0 Å². The van der Waals surface area contributed by atoms with Gasteiger partial charge in [-0.3, -0.25) is 9.69 Å². The number of rotatable bonds is 5. The zero-order chi connectivity index (χ0) is 21.8. The first-order valence-electron chi connectivity index (χ1n) is 10.8. The van der Waals surface area contributed by atoms with E-state index in [0.29, 0.717) is 34.6 Å². The number of benzene rings is 2. The highest BCUT2D eigenvalue weighted by molar-refractivity contribution is 7.20. The fraction of sp³-hybridized carbons (Fsp3) is 0.333. The van der Waals surface area contributed by atoms with Gasteiger partial charge in [-0.25, -0.2) is 4.39 Å². The van der Waals surface area contributed by atoms with Gasteiger partial charge >= 0.3 is 0 Å². The van der Waals surface area contributed by atoms with E-state index in [9.17, 15) is 9.18 Å². The van der Waals surface area contributed by atoms with Crippen molar-refractivity contribution in [2.45, 2.75) is 50.9 Å². The number of carbonyl (C=O) groups excluding carboxylic acids is 1. The van der Waals surface area contributed by atoms with Crippen LogP contribution in [0.5, 0.6) is 10.9 Å². The second kappa shape index (κ2) is 7.56. The molecule has 1 unspecified atom stereocenters. The Morgan fingerprint density at radius 1 is 1.25 bits per heavy atom. The molecule has 3 aliphatic rings. The third-order valence-corrected chi connectivity index (χ3v) is 7.33. The maximum absolute atomic E-state index is 13.9. The molecule has 164 valence electrons. The molecule has 0 radical (unpaired) electrons. The Labute approximate surface area is 188 Å². The minimum absolute atomic E-state index is 0.0501. The molecule has 1 saturated carbocycles. The number of hydrogen-bond donors (Lipinski definition) is 1. The average Bonchev–Trinajstić information content (AvgIpc) is 3.35. The van der Waals surface area contributed by atoms with E-state index < -0.39 is 0 Å². The number of ether oxygens (including phenoxy) is 1. The lowest BCUT2D eigenvalue weighted by molar-refractivity contribution is -0.121. The first-order valence-corrected chi connectivity index (χ1v) is 11.6. The van der Waals surface area contributed by atoms with Gasteiger partial charge < -0.3 is 14.5 Å². The van der Waals surface area contributed by atoms with Crippen molar-refractivity contribution in [1.82, 2.24) is 15.2 Å². The van der Waals surface area contributed by atoms with Gasteiger partial charge in [-0.2, -0.15) is 4.98 Å². The van der Waals surface area contributed by atoms with Gasteiger partial charge in [0.2, 0.25) is 5.91 Å². The molecule has 2 aliphatic heterocycles. The Kier molecular flexibility index (Phi) is 4.66. The van der Waals surface area contributed by atoms with Gasteiger partial charge in [0.05, 0.1) is 11.2 Å². The second-order valence-corrected chi connectivity index (χ2v) is 9.66. The number of furan rings is 1. The van der Waals surface area contributed by atoms with Crippen molar-refractivity contribution in [2.24, 2.45) is 0 Å². The van der Waals surface area contributed by atoms with Gasteiger partial charge in [0.1, 0.15) is 28.4 Å². The average molecular weight is 452 g/mol. The molecule has 1 aliphatic carbocycles. The van der Waals surface area contributed by atoms with Gasteiger partial charge in [-0.05, 0) is 55.7 Å². The number of thiazole rings is 1. The van der Waals surface area contributed by atoms with E-state index in [1.54, 1.807) is 13.0 Å². The van der Waals surface area contributed by atoms with Crippen LogP contribution in [0.25, 0.3) is 21.2 Å². The highest BCUT2D eigenvalue weighted by atomic mass is 32.1. The van der Waals surface area contributed by atoms with Crippen LogP contribution in [0, 0.1) is 5.82 Å². The maximum Gasteiger partial charge on any atom is 0.279 e. The van der Waals surface area contributed by atoms with Crippen LogP contribution in [0.15, 0.2) is 46.9 Å².